The van der Waals surface area contributed by atoms with Crippen molar-refractivity contribution in [1.29, 1.82) is 0 Å². The van der Waals surface area contributed by atoms with Crippen LogP contribution in [0, 0.1) is 6.92 Å². The number of ether oxygens (including phenoxy) is 1. The van der Waals surface area contributed by atoms with E-state index < -0.39 is 0 Å². The van der Waals surface area contributed by atoms with Gasteiger partial charge in [-0.1, -0.05) is 6.07 Å². The predicted octanol–water partition coefficient (Wildman–Crippen LogP) is 1.71. The normalized spacial score (nSPS) is 16.9. The van der Waals surface area contributed by atoms with Gasteiger partial charge >= 0.3 is 0 Å². The van der Waals surface area contributed by atoms with Crippen LogP contribution in [-0.4, -0.2) is 36.3 Å². The number of aryl methyl sites for hydroxylation is 1. The number of aromatic amines is 1. The van der Waals surface area contributed by atoms with Crippen LogP contribution in [0.1, 0.15) is 5.56 Å². The van der Waals surface area contributed by atoms with Crippen molar-refractivity contribution in [2.75, 3.05) is 31.2 Å². The highest BCUT2D eigenvalue weighted by molar-refractivity contribution is 5.78. The molecule has 1 aromatic carbocycles. The molecule has 4 nitrogen and oxygen atoms in total. The second-order valence-corrected chi connectivity index (χ2v) is 4.18. The van der Waals surface area contributed by atoms with Crippen molar-refractivity contribution in [3.8, 4) is 0 Å². The molecule has 4 heteroatoms. The molecule has 0 radical (unpaired) electrons. The molecule has 0 atom stereocenters. The number of benzene rings is 1. The third kappa shape index (κ3) is 1.65. The molecule has 16 heavy (non-hydrogen) atoms. The number of hydrogen-bond acceptors (Lipinski definition) is 3. The Morgan fingerprint density at radius 1 is 1.31 bits per heavy atom. The smallest absolute Gasteiger partial charge is 0.203 e. The summed E-state index contributed by atoms with van der Waals surface area (Å²) >= 11 is 0. The van der Waals surface area contributed by atoms with Crippen LogP contribution in [0.3, 0.4) is 0 Å². The number of rotatable bonds is 1. The quantitative estimate of drug-likeness (QED) is 0.790. The predicted molar refractivity (Wildman–Crippen MR) is 63.9 cm³/mol. The van der Waals surface area contributed by atoms with Crippen LogP contribution in [0.2, 0.25) is 0 Å². The van der Waals surface area contributed by atoms with Crippen molar-refractivity contribution in [1.82, 2.24) is 9.97 Å². The van der Waals surface area contributed by atoms with Gasteiger partial charge in [0.05, 0.1) is 24.2 Å². The second-order valence-electron chi connectivity index (χ2n) is 4.18. The summed E-state index contributed by atoms with van der Waals surface area (Å²) in [4.78, 5) is 10.2. The molecule has 1 aromatic heterocycles. The summed E-state index contributed by atoms with van der Waals surface area (Å²) in [5.74, 6) is 0.962. The number of hydrogen-bond donors (Lipinski definition) is 1. The highest BCUT2D eigenvalue weighted by Gasteiger charge is 2.14. The third-order valence-corrected chi connectivity index (χ3v) is 2.94. The van der Waals surface area contributed by atoms with Gasteiger partial charge in [-0.25, -0.2) is 4.98 Å². The fourth-order valence-electron chi connectivity index (χ4n) is 2.03. The summed E-state index contributed by atoms with van der Waals surface area (Å²) in [6, 6.07) is 6.29. The standard InChI is InChI=1S/C12H15N3O/c1-9-2-3-10-11(8-9)14-12(13-10)15-4-6-16-7-5-15/h2-3,8H,4-7H2,1H3,(H,13,14). The number of imidazole rings is 1. The van der Waals surface area contributed by atoms with Gasteiger partial charge in [-0.3, -0.25) is 0 Å². The van der Waals surface area contributed by atoms with Crippen molar-refractivity contribution >= 4 is 17.0 Å². The fourth-order valence-corrected chi connectivity index (χ4v) is 2.03. The van der Waals surface area contributed by atoms with Crippen LogP contribution >= 0.6 is 0 Å². The monoisotopic (exact) mass is 217 g/mol. The van der Waals surface area contributed by atoms with Gasteiger partial charge in [-0.05, 0) is 24.6 Å². The summed E-state index contributed by atoms with van der Waals surface area (Å²) in [6.07, 6.45) is 0. The number of anilines is 1. The number of nitrogens with zero attached hydrogens (tertiary/aromatic N) is 2. The van der Waals surface area contributed by atoms with Crippen LogP contribution in [0.5, 0.6) is 0 Å². The molecule has 1 aliphatic rings. The number of fused-ring (bicyclic) bond motifs is 1. The molecule has 0 spiro atoms. The highest BCUT2D eigenvalue weighted by Crippen LogP contribution is 2.19. The van der Waals surface area contributed by atoms with E-state index in [-0.39, 0.29) is 0 Å². The van der Waals surface area contributed by atoms with Crippen LogP contribution in [0.15, 0.2) is 18.2 Å². The van der Waals surface area contributed by atoms with Gasteiger partial charge in [0.1, 0.15) is 0 Å². The SMILES string of the molecule is Cc1ccc2[nH]c(N3CCOCC3)nc2c1. The number of aromatic nitrogens is 2. The first-order chi connectivity index (χ1) is 7.83. The molecule has 3 rings (SSSR count). The van der Waals surface area contributed by atoms with E-state index in [0.29, 0.717) is 0 Å². The van der Waals surface area contributed by atoms with Crippen LogP contribution in [-0.2, 0) is 4.74 Å². The molecule has 0 amide bonds. The molecule has 2 heterocycles. The van der Waals surface area contributed by atoms with Gasteiger partial charge in [0.2, 0.25) is 5.95 Å². The number of nitrogens with one attached hydrogen (secondary N) is 1. The average molecular weight is 217 g/mol. The Labute approximate surface area is 94.2 Å². The lowest BCUT2D eigenvalue weighted by Crippen LogP contribution is -2.36. The Bertz CT molecular complexity index is 500. The van der Waals surface area contributed by atoms with E-state index in [4.69, 9.17) is 4.74 Å². The lowest BCUT2D eigenvalue weighted by atomic mass is 10.2. The lowest BCUT2D eigenvalue weighted by Gasteiger charge is -2.26. The third-order valence-electron chi connectivity index (χ3n) is 2.94. The van der Waals surface area contributed by atoms with Crippen molar-refractivity contribution in [3.05, 3.63) is 23.8 Å². The molecule has 1 N–H and O–H groups in total. The Hall–Kier alpha value is -1.55. The molecule has 84 valence electrons. The molecule has 1 fully saturated rings. The minimum absolute atomic E-state index is 0.788. The molecule has 0 bridgehead atoms. The van der Waals surface area contributed by atoms with Crippen LogP contribution in [0.25, 0.3) is 11.0 Å². The van der Waals surface area contributed by atoms with E-state index in [0.717, 1.165) is 43.3 Å². The topological polar surface area (TPSA) is 41.2 Å². The maximum absolute atomic E-state index is 5.33. The van der Waals surface area contributed by atoms with Crippen molar-refractivity contribution < 1.29 is 4.74 Å². The summed E-state index contributed by atoms with van der Waals surface area (Å²) < 4.78 is 5.33. The van der Waals surface area contributed by atoms with E-state index in [2.05, 4.69) is 40.0 Å². The van der Waals surface area contributed by atoms with Crippen molar-refractivity contribution in [3.63, 3.8) is 0 Å². The maximum atomic E-state index is 5.33. The summed E-state index contributed by atoms with van der Waals surface area (Å²) in [7, 11) is 0. The zero-order valence-electron chi connectivity index (χ0n) is 9.36. The first kappa shape index (κ1) is 9.66. The van der Waals surface area contributed by atoms with E-state index in [1.54, 1.807) is 0 Å². The van der Waals surface area contributed by atoms with Crippen LogP contribution in [0.4, 0.5) is 5.95 Å². The fraction of sp³-hybridized carbons (Fsp3) is 0.417. The Morgan fingerprint density at radius 3 is 2.94 bits per heavy atom. The van der Waals surface area contributed by atoms with Gasteiger partial charge in [0, 0.05) is 13.1 Å². The van der Waals surface area contributed by atoms with E-state index >= 15 is 0 Å². The van der Waals surface area contributed by atoms with Gasteiger partial charge in [0.25, 0.3) is 0 Å². The van der Waals surface area contributed by atoms with Gasteiger partial charge in [-0.2, -0.15) is 0 Å². The first-order valence-electron chi connectivity index (χ1n) is 5.62. The Morgan fingerprint density at radius 2 is 2.12 bits per heavy atom. The number of morpholine rings is 1. The van der Waals surface area contributed by atoms with Crippen molar-refractivity contribution in [2.45, 2.75) is 6.92 Å². The Balaban J connectivity index is 1.97. The highest BCUT2D eigenvalue weighted by atomic mass is 16.5. The molecule has 1 aliphatic heterocycles. The van der Waals surface area contributed by atoms with Gasteiger partial charge in [0.15, 0.2) is 0 Å². The maximum Gasteiger partial charge on any atom is 0.203 e. The molecular weight excluding hydrogens is 202 g/mol. The van der Waals surface area contributed by atoms with Gasteiger partial charge in [-0.15, -0.1) is 0 Å². The lowest BCUT2D eigenvalue weighted by molar-refractivity contribution is 0.122. The molecular formula is C12H15N3O. The number of H-pyrrole nitrogens is 1. The molecule has 0 saturated carbocycles. The van der Waals surface area contributed by atoms with Gasteiger partial charge < -0.3 is 14.6 Å². The van der Waals surface area contributed by atoms with E-state index in [9.17, 15) is 0 Å². The summed E-state index contributed by atoms with van der Waals surface area (Å²) in [6.45, 7) is 5.49. The zero-order valence-corrected chi connectivity index (χ0v) is 9.36. The first-order valence-corrected chi connectivity index (χ1v) is 5.62. The summed E-state index contributed by atoms with van der Waals surface area (Å²) in [5.41, 5.74) is 3.39. The largest absolute Gasteiger partial charge is 0.378 e. The average Bonchev–Trinajstić information content (AvgIpc) is 2.73. The zero-order chi connectivity index (χ0) is 11.0. The molecule has 1 saturated heterocycles. The minimum atomic E-state index is 0.788. The minimum Gasteiger partial charge on any atom is -0.378 e. The van der Waals surface area contributed by atoms with Crippen LogP contribution < -0.4 is 4.90 Å². The molecule has 0 unspecified atom stereocenters. The Kier molecular flexibility index (Phi) is 2.29. The van der Waals surface area contributed by atoms with Crippen molar-refractivity contribution in [2.24, 2.45) is 0 Å². The van der Waals surface area contributed by atoms with E-state index in [1.165, 1.54) is 5.56 Å². The summed E-state index contributed by atoms with van der Waals surface area (Å²) in [5, 5.41) is 0. The molecule has 0 aliphatic carbocycles. The molecule has 2 aromatic rings. The second kappa shape index (κ2) is 3.79. The van der Waals surface area contributed by atoms with E-state index in [1.807, 2.05) is 0 Å².